The van der Waals surface area contributed by atoms with E-state index >= 15 is 0 Å². The lowest BCUT2D eigenvalue weighted by Crippen LogP contribution is -2.28. The van der Waals surface area contributed by atoms with Crippen LogP contribution < -0.4 is 4.74 Å². The average molecular weight is 412 g/mol. The number of ether oxygens (including phenoxy) is 2. The number of rotatable bonds is 4. The van der Waals surface area contributed by atoms with E-state index in [1.807, 2.05) is 18.2 Å². The van der Waals surface area contributed by atoms with Crippen molar-refractivity contribution in [3.05, 3.63) is 72.2 Å². The summed E-state index contributed by atoms with van der Waals surface area (Å²) in [5, 5.41) is 0. The summed E-state index contributed by atoms with van der Waals surface area (Å²) in [6.45, 7) is 1.44. The van der Waals surface area contributed by atoms with Gasteiger partial charge in [-0.2, -0.15) is 0 Å². The molecule has 5 heterocycles. The van der Waals surface area contributed by atoms with Crippen molar-refractivity contribution in [2.24, 2.45) is 0 Å². The number of fused-ring (bicyclic) bond motifs is 3. The predicted molar refractivity (Wildman–Crippen MR) is 118 cm³/mol. The molecule has 1 saturated heterocycles. The Morgan fingerprint density at radius 1 is 1.00 bits per heavy atom. The van der Waals surface area contributed by atoms with Crippen LogP contribution in [0.4, 0.5) is 0 Å². The minimum absolute atomic E-state index is 0.0664. The van der Waals surface area contributed by atoms with Gasteiger partial charge in [0, 0.05) is 30.9 Å². The molecule has 1 aromatic carbocycles. The molecule has 3 aromatic heterocycles. The smallest absolute Gasteiger partial charge is 0.214 e. The summed E-state index contributed by atoms with van der Waals surface area (Å²) >= 11 is 0. The molecule has 1 fully saturated rings. The van der Waals surface area contributed by atoms with Crippen LogP contribution in [0, 0.1) is 0 Å². The van der Waals surface area contributed by atoms with Gasteiger partial charge in [0.2, 0.25) is 5.88 Å². The van der Waals surface area contributed by atoms with Crippen molar-refractivity contribution in [1.82, 2.24) is 19.5 Å². The Labute approximate surface area is 180 Å². The highest BCUT2D eigenvalue weighted by Gasteiger charge is 2.28. The number of aryl methyl sites for hydroxylation is 1. The Balaban J connectivity index is 1.35. The molecule has 0 amide bonds. The third kappa shape index (κ3) is 3.47. The second-order valence-corrected chi connectivity index (χ2v) is 8.24. The number of hydrogen-bond acceptors (Lipinski definition) is 5. The van der Waals surface area contributed by atoms with Crippen LogP contribution in [0.25, 0.3) is 22.4 Å². The van der Waals surface area contributed by atoms with Gasteiger partial charge in [-0.1, -0.05) is 30.3 Å². The lowest BCUT2D eigenvalue weighted by Gasteiger charge is -2.22. The Kier molecular flexibility index (Phi) is 4.65. The van der Waals surface area contributed by atoms with Gasteiger partial charge in [-0.15, -0.1) is 0 Å². The van der Waals surface area contributed by atoms with E-state index < -0.39 is 0 Å². The lowest BCUT2D eigenvalue weighted by atomic mass is 10.0. The fourth-order valence-corrected chi connectivity index (χ4v) is 4.68. The topological polar surface area (TPSA) is 62.1 Å². The molecule has 31 heavy (non-hydrogen) atoms. The Morgan fingerprint density at radius 2 is 1.94 bits per heavy atom. The molecule has 2 aliphatic rings. The highest BCUT2D eigenvalue weighted by Crippen LogP contribution is 2.35. The van der Waals surface area contributed by atoms with Crippen LogP contribution in [0.1, 0.15) is 36.7 Å². The molecular formula is C25H24N4O2. The molecular weight excluding hydrogens is 388 g/mol. The van der Waals surface area contributed by atoms with Gasteiger partial charge in [-0.05, 0) is 43.0 Å². The van der Waals surface area contributed by atoms with E-state index in [4.69, 9.17) is 19.4 Å². The minimum Gasteiger partial charge on any atom is -0.472 e. The SMILES string of the molecule is c1ccc([C@H]2CCc3nc4ccc(-c5ccnc(OC6CCCOC6)c5)nc4n32)cc1. The van der Waals surface area contributed by atoms with Gasteiger partial charge in [0.25, 0.3) is 0 Å². The van der Waals surface area contributed by atoms with Gasteiger partial charge < -0.3 is 14.0 Å². The van der Waals surface area contributed by atoms with Crippen molar-refractivity contribution in [3.63, 3.8) is 0 Å². The van der Waals surface area contributed by atoms with E-state index in [0.717, 1.165) is 60.5 Å². The zero-order chi connectivity index (χ0) is 20.6. The number of benzene rings is 1. The van der Waals surface area contributed by atoms with Crippen LogP contribution in [0.3, 0.4) is 0 Å². The monoisotopic (exact) mass is 412 g/mol. The molecule has 2 atom stereocenters. The van der Waals surface area contributed by atoms with Crippen molar-refractivity contribution in [3.8, 4) is 17.1 Å². The summed E-state index contributed by atoms with van der Waals surface area (Å²) in [5.41, 5.74) is 5.10. The number of nitrogens with zero attached hydrogens (tertiary/aromatic N) is 4. The first-order valence-corrected chi connectivity index (χ1v) is 11.0. The predicted octanol–water partition coefficient (Wildman–Crippen LogP) is 4.59. The van der Waals surface area contributed by atoms with Crippen molar-refractivity contribution < 1.29 is 9.47 Å². The van der Waals surface area contributed by atoms with E-state index in [2.05, 4.69) is 45.9 Å². The number of imidazole rings is 1. The molecule has 6 rings (SSSR count). The highest BCUT2D eigenvalue weighted by atomic mass is 16.5. The molecule has 0 saturated carbocycles. The summed E-state index contributed by atoms with van der Waals surface area (Å²) in [5.74, 6) is 1.74. The first-order valence-electron chi connectivity index (χ1n) is 11.0. The maximum absolute atomic E-state index is 6.06. The van der Waals surface area contributed by atoms with E-state index in [1.165, 1.54) is 5.56 Å². The molecule has 0 aliphatic carbocycles. The van der Waals surface area contributed by atoms with Crippen LogP contribution in [-0.2, 0) is 11.2 Å². The molecule has 0 N–H and O–H groups in total. The average Bonchev–Trinajstić information content (AvgIpc) is 3.40. The molecule has 0 radical (unpaired) electrons. The van der Waals surface area contributed by atoms with Crippen LogP contribution in [-0.4, -0.2) is 38.8 Å². The van der Waals surface area contributed by atoms with Crippen LogP contribution in [0.2, 0.25) is 0 Å². The van der Waals surface area contributed by atoms with Gasteiger partial charge in [0.05, 0.1) is 18.3 Å². The van der Waals surface area contributed by atoms with Gasteiger partial charge in [0.1, 0.15) is 17.4 Å². The van der Waals surface area contributed by atoms with E-state index in [0.29, 0.717) is 12.5 Å². The van der Waals surface area contributed by atoms with Crippen LogP contribution in [0.15, 0.2) is 60.8 Å². The summed E-state index contributed by atoms with van der Waals surface area (Å²) in [6, 6.07) is 19.0. The summed E-state index contributed by atoms with van der Waals surface area (Å²) in [7, 11) is 0. The fourth-order valence-electron chi connectivity index (χ4n) is 4.68. The Hall–Kier alpha value is -3.25. The minimum atomic E-state index is 0.0664. The largest absolute Gasteiger partial charge is 0.472 e. The molecule has 156 valence electrons. The van der Waals surface area contributed by atoms with Gasteiger partial charge in [0.15, 0.2) is 5.65 Å². The fraction of sp³-hybridized carbons (Fsp3) is 0.320. The van der Waals surface area contributed by atoms with Crippen molar-refractivity contribution in [1.29, 1.82) is 0 Å². The third-order valence-electron chi connectivity index (χ3n) is 6.18. The molecule has 6 nitrogen and oxygen atoms in total. The quantitative estimate of drug-likeness (QED) is 0.491. The highest BCUT2D eigenvalue weighted by molar-refractivity contribution is 5.77. The zero-order valence-electron chi connectivity index (χ0n) is 17.3. The van der Waals surface area contributed by atoms with Crippen molar-refractivity contribution >= 4 is 11.2 Å². The van der Waals surface area contributed by atoms with Crippen LogP contribution in [0.5, 0.6) is 5.88 Å². The van der Waals surface area contributed by atoms with Crippen molar-refractivity contribution in [2.75, 3.05) is 13.2 Å². The lowest BCUT2D eigenvalue weighted by molar-refractivity contribution is 0.00552. The maximum Gasteiger partial charge on any atom is 0.214 e. The van der Waals surface area contributed by atoms with Gasteiger partial charge >= 0.3 is 0 Å². The molecule has 6 heteroatoms. The second kappa shape index (κ2) is 7.78. The number of hydrogen-bond donors (Lipinski definition) is 0. The number of pyridine rings is 2. The summed E-state index contributed by atoms with van der Waals surface area (Å²) in [4.78, 5) is 14.3. The third-order valence-corrected chi connectivity index (χ3v) is 6.18. The summed E-state index contributed by atoms with van der Waals surface area (Å²) < 4.78 is 13.9. The normalized spacial score (nSPS) is 20.6. The van der Waals surface area contributed by atoms with Gasteiger partial charge in [-0.25, -0.2) is 15.0 Å². The standard InChI is InChI=1S/C25H24N4O2/c1-2-5-17(6-3-1)22-10-11-23-27-21-9-8-20(28-25(21)29(22)23)18-12-13-26-24(15-18)31-19-7-4-14-30-16-19/h1-3,5-6,8-9,12-13,15,19,22H,4,7,10-11,14,16H2/t19?,22-/m1/s1. The first-order chi connectivity index (χ1) is 15.3. The Bertz CT molecular complexity index is 1210. The second-order valence-electron chi connectivity index (χ2n) is 8.24. The molecule has 0 spiro atoms. The molecule has 4 aromatic rings. The molecule has 2 aliphatic heterocycles. The number of aromatic nitrogens is 4. The maximum atomic E-state index is 6.06. The molecule has 0 bridgehead atoms. The van der Waals surface area contributed by atoms with E-state index in [-0.39, 0.29) is 12.1 Å². The zero-order valence-corrected chi connectivity index (χ0v) is 17.3. The van der Waals surface area contributed by atoms with E-state index in [9.17, 15) is 0 Å². The summed E-state index contributed by atoms with van der Waals surface area (Å²) in [6.07, 6.45) is 5.91. The van der Waals surface area contributed by atoms with E-state index in [1.54, 1.807) is 6.20 Å². The Morgan fingerprint density at radius 3 is 2.81 bits per heavy atom. The molecule has 1 unspecified atom stereocenters. The first kappa shape index (κ1) is 18.5. The van der Waals surface area contributed by atoms with Crippen molar-refractivity contribution in [2.45, 2.75) is 37.8 Å². The van der Waals surface area contributed by atoms with Crippen LogP contribution >= 0.6 is 0 Å². The van der Waals surface area contributed by atoms with Gasteiger partial charge in [-0.3, -0.25) is 0 Å².